The summed E-state index contributed by atoms with van der Waals surface area (Å²) in [4.78, 5) is 11.8. The van der Waals surface area contributed by atoms with Crippen LogP contribution in [0.15, 0.2) is 18.2 Å². The van der Waals surface area contributed by atoms with Gasteiger partial charge in [-0.05, 0) is 18.2 Å². The highest BCUT2D eigenvalue weighted by Crippen LogP contribution is 2.18. The van der Waals surface area contributed by atoms with E-state index in [4.69, 9.17) is 9.84 Å². The number of benzene rings is 1. The zero-order chi connectivity index (χ0) is 13.8. The van der Waals surface area contributed by atoms with Crippen molar-refractivity contribution in [1.29, 1.82) is 0 Å². The first-order valence-electron chi connectivity index (χ1n) is 5.62. The van der Waals surface area contributed by atoms with Crippen LogP contribution < -0.4 is 10.1 Å². The number of carbonyl (C=O) groups is 1. The van der Waals surface area contributed by atoms with Crippen LogP contribution in [0.5, 0.6) is 5.75 Å². The van der Waals surface area contributed by atoms with Gasteiger partial charge in [-0.25, -0.2) is 4.39 Å². The van der Waals surface area contributed by atoms with Crippen molar-refractivity contribution in [3.8, 4) is 5.75 Å². The monoisotopic (exact) mass is 255 g/mol. The number of halogens is 1. The second kappa shape index (κ2) is 5.82. The summed E-state index contributed by atoms with van der Waals surface area (Å²) in [5.74, 6) is -0.802. The molecule has 0 aliphatic carbocycles. The van der Waals surface area contributed by atoms with E-state index in [9.17, 15) is 9.18 Å². The van der Waals surface area contributed by atoms with E-state index >= 15 is 0 Å². The van der Waals surface area contributed by atoms with Crippen LogP contribution in [0.2, 0.25) is 0 Å². The molecule has 18 heavy (non-hydrogen) atoms. The molecular weight excluding hydrogens is 237 g/mol. The van der Waals surface area contributed by atoms with Crippen molar-refractivity contribution in [2.45, 2.75) is 13.8 Å². The number of aliphatic hydroxyl groups is 1. The maximum atomic E-state index is 13.2. The van der Waals surface area contributed by atoms with Crippen molar-refractivity contribution in [3.63, 3.8) is 0 Å². The van der Waals surface area contributed by atoms with Crippen LogP contribution in [0.3, 0.4) is 0 Å². The topological polar surface area (TPSA) is 58.6 Å². The van der Waals surface area contributed by atoms with Gasteiger partial charge in [0.2, 0.25) is 0 Å². The molecule has 0 bridgehead atoms. The van der Waals surface area contributed by atoms with Crippen molar-refractivity contribution >= 4 is 5.91 Å². The molecule has 0 aromatic heterocycles. The van der Waals surface area contributed by atoms with Crippen LogP contribution in [0.25, 0.3) is 0 Å². The van der Waals surface area contributed by atoms with E-state index in [0.717, 1.165) is 0 Å². The van der Waals surface area contributed by atoms with Crippen molar-refractivity contribution in [1.82, 2.24) is 5.32 Å². The molecule has 0 saturated carbocycles. The summed E-state index contributed by atoms with van der Waals surface area (Å²) < 4.78 is 18.0. The number of methoxy groups -OCH3 is 1. The van der Waals surface area contributed by atoms with Gasteiger partial charge in [0.1, 0.15) is 0 Å². The van der Waals surface area contributed by atoms with E-state index in [-0.39, 0.29) is 23.7 Å². The summed E-state index contributed by atoms with van der Waals surface area (Å²) in [6, 6.07) is 3.92. The summed E-state index contributed by atoms with van der Waals surface area (Å²) in [6.45, 7) is 3.97. The van der Waals surface area contributed by atoms with Gasteiger partial charge in [-0.3, -0.25) is 4.79 Å². The number of ether oxygens (including phenoxy) is 1. The lowest BCUT2D eigenvalue weighted by atomic mass is 9.95. The Morgan fingerprint density at radius 1 is 1.50 bits per heavy atom. The molecule has 0 saturated heterocycles. The first-order chi connectivity index (χ1) is 8.39. The highest BCUT2D eigenvalue weighted by Gasteiger charge is 2.18. The van der Waals surface area contributed by atoms with Crippen LogP contribution >= 0.6 is 0 Å². The molecule has 0 aliphatic heterocycles. The van der Waals surface area contributed by atoms with E-state index in [0.29, 0.717) is 12.1 Å². The number of aliphatic hydroxyl groups excluding tert-OH is 1. The molecule has 1 amide bonds. The number of hydrogen-bond donors (Lipinski definition) is 2. The second-order valence-corrected chi connectivity index (χ2v) is 4.85. The maximum Gasteiger partial charge on any atom is 0.251 e. The molecule has 2 N–H and O–H groups in total. The fourth-order valence-corrected chi connectivity index (χ4v) is 1.28. The Kier molecular flexibility index (Phi) is 4.67. The Bertz CT molecular complexity index is 432. The zero-order valence-electron chi connectivity index (χ0n) is 10.8. The van der Waals surface area contributed by atoms with Gasteiger partial charge in [-0.1, -0.05) is 13.8 Å². The lowest BCUT2D eigenvalue weighted by Crippen LogP contribution is -2.36. The molecule has 0 radical (unpaired) electrons. The van der Waals surface area contributed by atoms with E-state index in [1.807, 2.05) is 13.8 Å². The fraction of sp³-hybridized carbons (Fsp3) is 0.462. The Balaban J connectivity index is 2.73. The standard InChI is InChI=1S/C13H18FNO3/c1-13(2,8-16)7-15-12(17)9-4-5-10(14)11(6-9)18-3/h4-6,16H,7-8H2,1-3H3,(H,15,17). The van der Waals surface area contributed by atoms with Gasteiger partial charge >= 0.3 is 0 Å². The number of hydrogen-bond acceptors (Lipinski definition) is 3. The number of nitrogens with one attached hydrogen (secondary N) is 1. The van der Waals surface area contributed by atoms with E-state index < -0.39 is 5.82 Å². The van der Waals surface area contributed by atoms with Crippen LogP contribution in [0, 0.1) is 11.2 Å². The molecule has 0 fully saturated rings. The molecular formula is C13H18FNO3. The average Bonchev–Trinajstić information content (AvgIpc) is 2.36. The number of amides is 1. The van der Waals surface area contributed by atoms with Crippen LogP contribution in [0.4, 0.5) is 4.39 Å². The number of carbonyl (C=O) groups excluding carboxylic acids is 1. The first-order valence-corrected chi connectivity index (χ1v) is 5.62. The lowest BCUT2D eigenvalue weighted by molar-refractivity contribution is 0.0910. The summed E-state index contributed by atoms with van der Waals surface area (Å²) >= 11 is 0. The average molecular weight is 255 g/mol. The smallest absolute Gasteiger partial charge is 0.251 e. The quantitative estimate of drug-likeness (QED) is 0.840. The molecule has 0 spiro atoms. The van der Waals surface area contributed by atoms with E-state index in [1.165, 1.54) is 25.3 Å². The molecule has 1 aromatic carbocycles. The highest BCUT2D eigenvalue weighted by atomic mass is 19.1. The third kappa shape index (κ3) is 3.70. The van der Waals surface area contributed by atoms with Gasteiger partial charge in [0, 0.05) is 24.1 Å². The molecule has 0 unspecified atom stereocenters. The Labute approximate surface area is 106 Å². The SMILES string of the molecule is COc1cc(C(=O)NCC(C)(C)CO)ccc1F. The Morgan fingerprint density at radius 3 is 2.72 bits per heavy atom. The molecule has 100 valence electrons. The fourth-order valence-electron chi connectivity index (χ4n) is 1.28. The van der Waals surface area contributed by atoms with Gasteiger partial charge in [-0.2, -0.15) is 0 Å². The lowest BCUT2D eigenvalue weighted by Gasteiger charge is -2.21. The second-order valence-electron chi connectivity index (χ2n) is 4.85. The summed E-state index contributed by atoms with van der Waals surface area (Å²) in [7, 11) is 1.34. The molecule has 0 aliphatic rings. The van der Waals surface area contributed by atoms with Crippen molar-refractivity contribution < 1.29 is 19.0 Å². The van der Waals surface area contributed by atoms with Crippen molar-refractivity contribution in [2.24, 2.45) is 5.41 Å². The first kappa shape index (κ1) is 14.4. The third-order valence-electron chi connectivity index (χ3n) is 2.57. The summed E-state index contributed by atoms with van der Waals surface area (Å²) in [5, 5.41) is 11.8. The molecule has 0 atom stereocenters. The minimum Gasteiger partial charge on any atom is -0.494 e. The minimum absolute atomic E-state index is 0.0278. The van der Waals surface area contributed by atoms with E-state index in [2.05, 4.69) is 5.32 Å². The van der Waals surface area contributed by atoms with Crippen molar-refractivity contribution in [3.05, 3.63) is 29.6 Å². The molecule has 1 aromatic rings. The van der Waals surface area contributed by atoms with Gasteiger partial charge in [-0.15, -0.1) is 0 Å². The molecule has 4 nitrogen and oxygen atoms in total. The molecule has 5 heteroatoms. The highest BCUT2D eigenvalue weighted by molar-refractivity contribution is 5.94. The zero-order valence-corrected chi connectivity index (χ0v) is 10.8. The third-order valence-corrected chi connectivity index (χ3v) is 2.57. The van der Waals surface area contributed by atoms with Gasteiger partial charge in [0.15, 0.2) is 11.6 Å². The predicted octanol–water partition coefficient (Wildman–Crippen LogP) is 1.58. The normalized spacial score (nSPS) is 11.2. The van der Waals surface area contributed by atoms with Crippen LogP contribution in [0.1, 0.15) is 24.2 Å². The Hall–Kier alpha value is -1.62. The van der Waals surface area contributed by atoms with Crippen LogP contribution in [-0.4, -0.2) is 31.3 Å². The van der Waals surface area contributed by atoms with Crippen molar-refractivity contribution in [2.75, 3.05) is 20.3 Å². The van der Waals surface area contributed by atoms with Gasteiger partial charge in [0.25, 0.3) is 5.91 Å². The van der Waals surface area contributed by atoms with Gasteiger partial charge in [0.05, 0.1) is 7.11 Å². The minimum atomic E-state index is -0.510. The Morgan fingerprint density at radius 2 is 2.17 bits per heavy atom. The van der Waals surface area contributed by atoms with E-state index in [1.54, 1.807) is 0 Å². The molecule has 0 heterocycles. The largest absolute Gasteiger partial charge is 0.494 e. The van der Waals surface area contributed by atoms with Crippen LogP contribution in [-0.2, 0) is 0 Å². The van der Waals surface area contributed by atoms with Gasteiger partial charge < -0.3 is 15.2 Å². The molecule has 1 rings (SSSR count). The number of rotatable bonds is 5. The maximum absolute atomic E-state index is 13.2. The summed E-state index contributed by atoms with van der Waals surface area (Å²) in [6.07, 6.45) is 0. The summed E-state index contributed by atoms with van der Waals surface area (Å²) in [5.41, 5.74) is -0.0678. The predicted molar refractivity (Wildman–Crippen MR) is 66.2 cm³/mol.